The van der Waals surface area contributed by atoms with Crippen molar-refractivity contribution < 1.29 is 38.2 Å². The molecule has 0 bridgehead atoms. The Labute approximate surface area is 165 Å². The number of hydrogen-bond donors (Lipinski definition) is 1. The van der Waals surface area contributed by atoms with Crippen molar-refractivity contribution in [3.8, 4) is 5.95 Å². The van der Waals surface area contributed by atoms with Gasteiger partial charge in [0.05, 0.1) is 31.0 Å². The summed E-state index contributed by atoms with van der Waals surface area (Å²) in [7, 11) is 2.82. The molecule has 11 heteroatoms. The van der Waals surface area contributed by atoms with E-state index in [1.165, 1.54) is 28.8 Å². The van der Waals surface area contributed by atoms with E-state index in [2.05, 4.69) is 19.8 Å². The molecule has 1 aliphatic rings. The van der Waals surface area contributed by atoms with Crippen molar-refractivity contribution in [2.75, 3.05) is 25.6 Å². The van der Waals surface area contributed by atoms with E-state index in [1.807, 2.05) is 0 Å². The Hall–Kier alpha value is -3.47. The number of methoxy groups -OCH3 is 1. The molecule has 0 aliphatic carbocycles. The molecule has 0 spiro atoms. The lowest BCUT2D eigenvalue weighted by Gasteiger charge is -2.31. The highest BCUT2D eigenvalue weighted by Crippen LogP contribution is 2.17. The van der Waals surface area contributed by atoms with Crippen LogP contribution in [0.3, 0.4) is 0 Å². The zero-order valence-electron chi connectivity index (χ0n) is 15.9. The number of hydrogen-bond acceptors (Lipinski definition) is 8. The van der Waals surface area contributed by atoms with Crippen molar-refractivity contribution in [3.63, 3.8) is 0 Å². The van der Waals surface area contributed by atoms with Crippen LogP contribution in [0.1, 0.15) is 22.5 Å². The van der Waals surface area contributed by atoms with Gasteiger partial charge in [0, 0.05) is 12.2 Å². The zero-order valence-corrected chi connectivity index (χ0v) is 15.9. The van der Waals surface area contributed by atoms with Crippen molar-refractivity contribution in [2.45, 2.75) is 19.1 Å². The first kappa shape index (κ1) is 20.3. The number of nitrogens with one attached hydrogen (secondary N) is 1. The lowest BCUT2D eigenvalue weighted by atomic mass is 10.1. The second-order valence-electron chi connectivity index (χ2n) is 6.37. The molecule has 11 nitrogen and oxygen atoms in total. The van der Waals surface area contributed by atoms with Crippen molar-refractivity contribution in [2.24, 2.45) is 7.05 Å². The first-order chi connectivity index (χ1) is 13.9. The highest BCUT2D eigenvalue weighted by Gasteiger charge is 2.33. The van der Waals surface area contributed by atoms with Crippen LogP contribution in [0.2, 0.25) is 0 Å². The molecule has 1 N–H and O–H groups in total. The van der Waals surface area contributed by atoms with Crippen LogP contribution >= 0.6 is 0 Å². The Morgan fingerprint density at radius 1 is 1.38 bits per heavy atom. The number of carbonyl (C=O) groups is 3. The Kier molecular flexibility index (Phi) is 6.07. The molecule has 1 unspecified atom stereocenters. The number of anilines is 1. The number of carbonyl (C=O) groups excluding carboxylic acids is 3. The van der Waals surface area contributed by atoms with Gasteiger partial charge in [0.2, 0.25) is 5.91 Å². The number of morpholine rings is 1. The normalized spacial score (nSPS) is 16.6. The molecular formula is C18H20N4O7. The standard InChI is InChI=1S/C18H20N4O7/c1-21-13(18(26)29-20-21)10-22-7-8-28-14(16(22)24)9-15(23)19-12-5-3-11(4-6-12)17(25)27-2/h3-6,14H,7-10H2,1-2H3,(H-,19,20,23,25,26). The van der Waals surface area contributed by atoms with E-state index in [9.17, 15) is 19.5 Å². The maximum Gasteiger partial charge on any atom is 0.337 e. The molecule has 2 heterocycles. The van der Waals surface area contributed by atoms with Crippen LogP contribution in [0.25, 0.3) is 0 Å². The summed E-state index contributed by atoms with van der Waals surface area (Å²) < 4.78 is 15.9. The second-order valence-corrected chi connectivity index (χ2v) is 6.37. The molecule has 1 aromatic heterocycles. The van der Waals surface area contributed by atoms with E-state index in [1.54, 1.807) is 19.2 Å². The minimum Gasteiger partial charge on any atom is -0.539 e. The highest BCUT2D eigenvalue weighted by atomic mass is 16.6. The average Bonchev–Trinajstić information content (AvgIpc) is 3.03. The van der Waals surface area contributed by atoms with Gasteiger partial charge in [-0.2, -0.15) is 0 Å². The number of rotatable bonds is 6. The fourth-order valence-electron chi connectivity index (χ4n) is 2.86. The van der Waals surface area contributed by atoms with E-state index in [0.29, 0.717) is 11.3 Å². The van der Waals surface area contributed by atoms with Gasteiger partial charge in [0.1, 0.15) is 12.6 Å². The van der Waals surface area contributed by atoms with E-state index in [4.69, 9.17) is 4.74 Å². The van der Waals surface area contributed by atoms with Crippen LogP contribution in [0.5, 0.6) is 5.95 Å². The van der Waals surface area contributed by atoms with Crippen LogP contribution in [0.4, 0.5) is 5.69 Å². The maximum absolute atomic E-state index is 12.6. The predicted molar refractivity (Wildman–Crippen MR) is 93.3 cm³/mol. The molecule has 1 fully saturated rings. The molecule has 1 aliphatic heterocycles. The first-order valence-corrected chi connectivity index (χ1v) is 8.79. The minimum absolute atomic E-state index is 0.0220. The van der Waals surface area contributed by atoms with Crippen molar-refractivity contribution in [1.82, 2.24) is 10.2 Å². The average molecular weight is 404 g/mol. The summed E-state index contributed by atoms with van der Waals surface area (Å²) in [5, 5.41) is 17.8. The maximum atomic E-state index is 12.6. The smallest absolute Gasteiger partial charge is 0.337 e. The van der Waals surface area contributed by atoms with Gasteiger partial charge in [-0.05, 0) is 24.3 Å². The first-order valence-electron chi connectivity index (χ1n) is 8.79. The summed E-state index contributed by atoms with van der Waals surface area (Å²) in [6, 6.07) is 6.15. The van der Waals surface area contributed by atoms with Gasteiger partial charge in [-0.15, -0.1) is 0 Å². The third-order valence-corrected chi connectivity index (χ3v) is 4.44. The largest absolute Gasteiger partial charge is 0.539 e. The topological polar surface area (TPSA) is 138 Å². The number of aromatic nitrogens is 2. The Bertz CT molecular complexity index is 890. The number of aryl methyl sites for hydroxylation is 1. The van der Waals surface area contributed by atoms with Crippen LogP contribution < -0.4 is 15.1 Å². The van der Waals surface area contributed by atoms with E-state index < -0.39 is 29.8 Å². The molecule has 29 heavy (non-hydrogen) atoms. The third-order valence-electron chi connectivity index (χ3n) is 4.44. The van der Waals surface area contributed by atoms with E-state index in [0.717, 1.165) is 0 Å². The van der Waals surface area contributed by atoms with Gasteiger partial charge in [-0.25, -0.2) is 4.79 Å². The summed E-state index contributed by atoms with van der Waals surface area (Å²) in [5.74, 6) is -1.91. The Morgan fingerprint density at radius 3 is 2.72 bits per heavy atom. The second kappa shape index (κ2) is 8.69. The van der Waals surface area contributed by atoms with E-state index >= 15 is 0 Å². The van der Waals surface area contributed by atoms with Gasteiger partial charge in [0.15, 0.2) is 13.0 Å². The Balaban J connectivity index is 1.58. The van der Waals surface area contributed by atoms with E-state index in [-0.39, 0.29) is 31.8 Å². The predicted octanol–water partition coefficient (Wildman–Crippen LogP) is -0.884. The quantitative estimate of drug-likeness (QED) is 0.484. The molecule has 1 saturated heterocycles. The van der Waals surface area contributed by atoms with Crippen molar-refractivity contribution in [1.29, 1.82) is 0 Å². The van der Waals surface area contributed by atoms with Gasteiger partial charge in [-0.3, -0.25) is 9.59 Å². The number of esters is 1. The molecule has 1 aromatic carbocycles. The summed E-state index contributed by atoms with van der Waals surface area (Å²) in [6.07, 6.45) is -1.15. The SMILES string of the molecule is COC(=O)c1ccc(NC(=O)CC2OCCN(Cc3c([O-])on[n+]3C)C2=O)cc1. The van der Waals surface area contributed by atoms with Crippen molar-refractivity contribution >= 4 is 23.5 Å². The van der Waals surface area contributed by atoms with Crippen LogP contribution in [-0.2, 0) is 32.7 Å². The van der Waals surface area contributed by atoms with Crippen LogP contribution in [-0.4, -0.2) is 54.3 Å². The summed E-state index contributed by atoms with van der Waals surface area (Å²) in [4.78, 5) is 37.8. The third kappa shape index (κ3) is 4.69. The van der Waals surface area contributed by atoms with Crippen LogP contribution in [0.15, 0.2) is 28.8 Å². The van der Waals surface area contributed by atoms with Gasteiger partial charge in [-0.1, -0.05) is 4.68 Å². The minimum atomic E-state index is -0.960. The zero-order chi connectivity index (χ0) is 21.0. The molecular weight excluding hydrogens is 384 g/mol. The van der Waals surface area contributed by atoms with Gasteiger partial charge in [0.25, 0.3) is 11.6 Å². The highest BCUT2D eigenvalue weighted by molar-refractivity contribution is 5.96. The molecule has 154 valence electrons. The summed E-state index contributed by atoms with van der Waals surface area (Å²) >= 11 is 0. The Morgan fingerprint density at radius 2 is 2.10 bits per heavy atom. The molecule has 0 saturated carbocycles. The molecule has 2 amide bonds. The molecule has 1 atom stereocenters. The number of amides is 2. The monoisotopic (exact) mass is 404 g/mol. The fourth-order valence-corrected chi connectivity index (χ4v) is 2.86. The molecule has 3 rings (SSSR count). The molecule has 0 radical (unpaired) electrons. The van der Waals surface area contributed by atoms with Crippen molar-refractivity contribution in [3.05, 3.63) is 35.5 Å². The number of ether oxygens (including phenoxy) is 2. The van der Waals surface area contributed by atoms with Crippen LogP contribution in [0, 0.1) is 0 Å². The number of nitrogens with zero attached hydrogens (tertiary/aromatic N) is 3. The lowest BCUT2D eigenvalue weighted by Crippen LogP contribution is -2.50. The lowest BCUT2D eigenvalue weighted by molar-refractivity contribution is -0.746. The summed E-state index contributed by atoms with van der Waals surface area (Å²) in [5.41, 5.74) is 1.05. The fraction of sp³-hybridized carbons (Fsp3) is 0.389. The van der Waals surface area contributed by atoms with Gasteiger partial charge < -0.3 is 29.3 Å². The summed E-state index contributed by atoms with van der Waals surface area (Å²) in [6.45, 7) is 0.547. The van der Waals surface area contributed by atoms with Gasteiger partial charge >= 0.3 is 5.97 Å². The molecule has 2 aromatic rings. The number of benzene rings is 1.